The fourth-order valence-electron chi connectivity index (χ4n) is 6.00. The molecule has 0 aliphatic heterocycles. The highest BCUT2D eigenvalue weighted by atomic mass is 35.5. The number of carbonyl (C=O) groups is 3. The van der Waals surface area contributed by atoms with Crippen molar-refractivity contribution < 1.29 is 14.4 Å². The molecule has 3 aromatic heterocycles. The molecule has 0 saturated heterocycles. The number of hydrogen-bond donors (Lipinski definition) is 1. The van der Waals surface area contributed by atoms with E-state index in [0.717, 1.165) is 43.9 Å². The van der Waals surface area contributed by atoms with Crippen LogP contribution in [-0.2, 0) is 16.1 Å². The van der Waals surface area contributed by atoms with E-state index in [9.17, 15) is 14.4 Å². The van der Waals surface area contributed by atoms with Crippen molar-refractivity contribution in [3.05, 3.63) is 111 Å². The Morgan fingerprint density at radius 1 is 0.936 bits per heavy atom. The van der Waals surface area contributed by atoms with E-state index in [1.807, 2.05) is 79.9 Å². The van der Waals surface area contributed by atoms with Crippen LogP contribution in [0.5, 0.6) is 0 Å². The van der Waals surface area contributed by atoms with Crippen LogP contribution >= 0.6 is 22.9 Å². The van der Waals surface area contributed by atoms with Crippen LogP contribution in [-0.4, -0.2) is 42.0 Å². The zero-order chi connectivity index (χ0) is 32.7. The molecule has 0 bridgehead atoms. The van der Waals surface area contributed by atoms with Crippen LogP contribution in [0.3, 0.4) is 0 Å². The van der Waals surface area contributed by atoms with E-state index >= 15 is 0 Å². The van der Waals surface area contributed by atoms with Gasteiger partial charge in [-0.25, -0.2) is 19.9 Å². The molecular formula is C36H27ClN6O3S. The van der Waals surface area contributed by atoms with E-state index in [0.29, 0.717) is 21.3 Å². The summed E-state index contributed by atoms with van der Waals surface area (Å²) in [6.07, 6.45) is 8.35. The lowest BCUT2D eigenvalue weighted by molar-refractivity contribution is -0.122. The monoisotopic (exact) mass is 658 g/mol. The standard InChI is InChI=1S/C20H16O2.C16H11ClN6OS/c1-11-9-17-13(12(2)20(11)22)7-8-15-14-5-3-4-6-16(14)19(21)10-18(15)17;17-11-4-2-1-3-10(11)12-7-25-16(21-12)22-14(24)6-23-9-20-15-13(23)5-18-8-19-15/h3-12H,1-2H3;1-5,7-9H,6H2,(H,21,22,24). The highest BCUT2D eigenvalue weighted by molar-refractivity contribution is 7.14. The average Bonchev–Trinajstić information content (AvgIpc) is 3.71. The van der Waals surface area contributed by atoms with E-state index in [-0.39, 0.29) is 35.9 Å². The van der Waals surface area contributed by atoms with Gasteiger partial charge in [0.15, 0.2) is 16.6 Å². The Morgan fingerprint density at radius 2 is 1.70 bits per heavy atom. The van der Waals surface area contributed by atoms with Gasteiger partial charge in [0.25, 0.3) is 0 Å². The zero-order valence-corrected chi connectivity index (χ0v) is 26.9. The summed E-state index contributed by atoms with van der Waals surface area (Å²) >= 11 is 7.53. The Hall–Kier alpha value is -5.32. The molecule has 2 unspecified atom stereocenters. The van der Waals surface area contributed by atoms with Crippen LogP contribution in [0.1, 0.15) is 35.7 Å². The predicted molar refractivity (Wildman–Crippen MR) is 183 cm³/mol. The second kappa shape index (κ2) is 12.5. The molecule has 8 rings (SSSR count). The van der Waals surface area contributed by atoms with Gasteiger partial charge in [-0.15, -0.1) is 11.3 Å². The highest BCUT2D eigenvalue weighted by Gasteiger charge is 2.27. The molecule has 9 nitrogen and oxygen atoms in total. The quantitative estimate of drug-likeness (QED) is 0.259. The Balaban J connectivity index is 0.000000151. The molecule has 0 fully saturated rings. The number of anilines is 1. The van der Waals surface area contributed by atoms with Gasteiger partial charge in [0.05, 0.1) is 18.2 Å². The smallest absolute Gasteiger partial charge is 0.246 e. The van der Waals surface area contributed by atoms with E-state index in [1.54, 1.807) is 29.2 Å². The molecule has 2 aliphatic rings. The van der Waals surface area contributed by atoms with Gasteiger partial charge in [-0.1, -0.05) is 86.1 Å². The summed E-state index contributed by atoms with van der Waals surface area (Å²) in [4.78, 5) is 53.5. The molecule has 0 saturated carbocycles. The van der Waals surface area contributed by atoms with Crippen LogP contribution in [0, 0.1) is 5.92 Å². The predicted octanol–water partition coefficient (Wildman–Crippen LogP) is 5.68. The minimum atomic E-state index is -0.205. The molecule has 47 heavy (non-hydrogen) atoms. The van der Waals surface area contributed by atoms with Crippen molar-refractivity contribution in [2.75, 3.05) is 5.32 Å². The van der Waals surface area contributed by atoms with Crippen molar-refractivity contribution in [3.63, 3.8) is 0 Å². The molecule has 3 heterocycles. The van der Waals surface area contributed by atoms with Crippen LogP contribution in [0.25, 0.3) is 45.7 Å². The normalized spacial score (nSPS) is 16.1. The number of fused-ring (bicyclic) bond motifs is 6. The highest BCUT2D eigenvalue weighted by Crippen LogP contribution is 2.30. The number of amides is 1. The molecule has 1 amide bonds. The number of hydrogen-bond acceptors (Lipinski definition) is 8. The SMILES string of the molecule is CC1C=c2c(ccc3c2=CC(=O)c2ccccc2-3)C(C)C1=O.O=C(Cn1cnc2ncncc21)Nc1nc(-c2ccccc2Cl)cs1. The van der Waals surface area contributed by atoms with Gasteiger partial charge in [-0.2, -0.15) is 0 Å². The van der Waals surface area contributed by atoms with E-state index in [2.05, 4.69) is 25.3 Å². The summed E-state index contributed by atoms with van der Waals surface area (Å²) in [6.45, 7) is 3.99. The summed E-state index contributed by atoms with van der Waals surface area (Å²) in [5.41, 5.74) is 6.67. The Bertz CT molecular complexity index is 2350. The van der Waals surface area contributed by atoms with Crippen LogP contribution in [0.15, 0.2) is 84.9 Å². The number of thiazole rings is 1. The number of carbonyl (C=O) groups excluding carboxylic acids is 3. The van der Waals surface area contributed by atoms with E-state index in [4.69, 9.17) is 11.6 Å². The molecule has 2 atom stereocenters. The molecule has 1 N–H and O–H groups in total. The van der Waals surface area contributed by atoms with E-state index < -0.39 is 0 Å². The minimum absolute atomic E-state index is 0.0436. The Morgan fingerprint density at radius 3 is 2.51 bits per heavy atom. The zero-order valence-electron chi connectivity index (χ0n) is 25.3. The summed E-state index contributed by atoms with van der Waals surface area (Å²) in [7, 11) is 0. The lowest BCUT2D eigenvalue weighted by Crippen LogP contribution is -2.40. The molecule has 3 aromatic carbocycles. The van der Waals surface area contributed by atoms with Gasteiger partial charge in [-0.3, -0.25) is 14.4 Å². The summed E-state index contributed by atoms with van der Waals surface area (Å²) < 4.78 is 1.69. The minimum Gasteiger partial charge on any atom is -0.318 e. The number of Topliss-reactive ketones (excluding diaryl/α,β-unsaturated/α-hetero) is 2. The second-order valence-corrected chi connectivity index (χ2v) is 12.6. The van der Waals surface area contributed by atoms with Crippen LogP contribution in [0.2, 0.25) is 5.02 Å². The number of benzene rings is 3. The fourth-order valence-corrected chi connectivity index (χ4v) is 6.96. The van der Waals surface area contributed by atoms with Gasteiger partial charge in [-0.05, 0) is 39.3 Å². The third-order valence-electron chi connectivity index (χ3n) is 8.35. The van der Waals surface area contributed by atoms with Crippen molar-refractivity contribution in [1.29, 1.82) is 0 Å². The lowest BCUT2D eigenvalue weighted by atomic mass is 9.79. The number of halogens is 1. The molecule has 0 spiro atoms. The second-order valence-electron chi connectivity index (χ2n) is 11.3. The first-order valence-electron chi connectivity index (χ1n) is 14.9. The first-order valence-corrected chi connectivity index (χ1v) is 16.2. The van der Waals surface area contributed by atoms with Crippen molar-refractivity contribution in [2.45, 2.75) is 26.3 Å². The van der Waals surface area contributed by atoms with E-state index in [1.165, 1.54) is 17.7 Å². The number of nitrogens with one attached hydrogen (secondary N) is 1. The largest absolute Gasteiger partial charge is 0.318 e. The van der Waals surface area contributed by atoms with Crippen molar-refractivity contribution in [3.8, 4) is 22.4 Å². The summed E-state index contributed by atoms with van der Waals surface area (Å²) in [5.74, 6) is -0.129. The summed E-state index contributed by atoms with van der Waals surface area (Å²) in [5, 5.41) is 7.80. The van der Waals surface area contributed by atoms with Gasteiger partial charge >= 0.3 is 0 Å². The molecule has 6 aromatic rings. The third kappa shape index (κ3) is 5.77. The Labute approximate surface area is 278 Å². The first-order chi connectivity index (χ1) is 22.8. The molecule has 2 aliphatic carbocycles. The topological polar surface area (TPSA) is 120 Å². The maximum Gasteiger partial charge on any atom is 0.246 e. The number of aromatic nitrogens is 5. The van der Waals surface area contributed by atoms with Gasteiger partial charge in [0, 0.05) is 33.4 Å². The Kier molecular flexibility index (Phi) is 8.05. The first kappa shape index (κ1) is 30.3. The maximum absolute atomic E-state index is 12.4. The third-order valence-corrected chi connectivity index (χ3v) is 9.44. The van der Waals surface area contributed by atoms with Gasteiger partial charge in [0.2, 0.25) is 5.91 Å². The number of imidazole rings is 1. The molecule has 11 heteroatoms. The molecular weight excluding hydrogens is 632 g/mol. The molecule has 232 valence electrons. The number of rotatable bonds is 4. The lowest BCUT2D eigenvalue weighted by Gasteiger charge is -2.23. The van der Waals surface area contributed by atoms with Crippen molar-refractivity contribution in [2.24, 2.45) is 5.92 Å². The number of ketones is 2. The van der Waals surface area contributed by atoms with Gasteiger partial charge in [0.1, 0.15) is 24.2 Å². The number of nitrogens with zero attached hydrogens (tertiary/aromatic N) is 5. The van der Waals surface area contributed by atoms with Crippen LogP contribution < -0.4 is 15.8 Å². The maximum atomic E-state index is 12.4. The summed E-state index contributed by atoms with van der Waals surface area (Å²) in [6, 6.07) is 19.2. The molecule has 0 radical (unpaired) electrons. The fraction of sp³-hybridized carbons (Fsp3) is 0.139. The van der Waals surface area contributed by atoms with Crippen LogP contribution in [0.4, 0.5) is 5.13 Å². The van der Waals surface area contributed by atoms with Gasteiger partial charge < -0.3 is 9.88 Å². The van der Waals surface area contributed by atoms with Crippen molar-refractivity contribution in [1.82, 2.24) is 24.5 Å². The van der Waals surface area contributed by atoms with Crippen molar-refractivity contribution >= 4 is 68.9 Å². The average molecular weight is 659 g/mol.